The van der Waals surface area contributed by atoms with E-state index in [1.807, 2.05) is 0 Å². The van der Waals surface area contributed by atoms with E-state index in [4.69, 9.17) is 5.11 Å². The van der Waals surface area contributed by atoms with E-state index in [9.17, 15) is 9.18 Å². The van der Waals surface area contributed by atoms with Gasteiger partial charge in [-0.05, 0) is 37.1 Å². The predicted octanol–water partition coefficient (Wildman–Crippen LogP) is 2.51. The van der Waals surface area contributed by atoms with Crippen LogP contribution in [-0.2, 0) is 11.2 Å². The molecule has 0 aliphatic carbocycles. The summed E-state index contributed by atoms with van der Waals surface area (Å²) >= 11 is 0. The fourth-order valence-corrected chi connectivity index (χ4v) is 2.56. The van der Waals surface area contributed by atoms with Crippen molar-refractivity contribution in [2.75, 3.05) is 18.0 Å². The van der Waals surface area contributed by atoms with Crippen molar-refractivity contribution in [1.82, 2.24) is 9.97 Å². The number of anilines is 1. The zero-order valence-corrected chi connectivity index (χ0v) is 12.0. The molecule has 1 aromatic heterocycles. The van der Waals surface area contributed by atoms with Crippen LogP contribution in [0.25, 0.3) is 11.4 Å². The molecule has 0 spiro atoms. The Balaban J connectivity index is 2.01. The number of rotatable bonds is 4. The van der Waals surface area contributed by atoms with Gasteiger partial charge in [0.05, 0.1) is 12.1 Å². The van der Waals surface area contributed by atoms with Gasteiger partial charge in [-0.2, -0.15) is 0 Å². The monoisotopic (exact) mass is 301 g/mol. The maximum Gasteiger partial charge on any atom is 0.309 e. The van der Waals surface area contributed by atoms with E-state index in [1.54, 1.807) is 18.2 Å². The van der Waals surface area contributed by atoms with E-state index in [1.165, 1.54) is 12.1 Å². The molecule has 0 bridgehead atoms. The molecule has 1 fully saturated rings. The zero-order valence-electron chi connectivity index (χ0n) is 12.0. The highest BCUT2D eigenvalue weighted by Crippen LogP contribution is 2.23. The molecule has 1 aliphatic rings. The molecule has 114 valence electrons. The topological polar surface area (TPSA) is 66.3 Å². The van der Waals surface area contributed by atoms with Crippen LogP contribution in [0.2, 0.25) is 0 Å². The van der Waals surface area contributed by atoms with Gasteiger partial charge in [0.1, 0.15) is 11.6 Å². The lowest BCUT2D eigenvalue weighted by Gasteiger charge is -2.18. The fourth-order valence-electron chi connectivity index (χ4n) is 2.56. The first kappa shape index (κ1) is 14.4. The van der Waals surface area contributed by atoms with E-state index in [0.717, 1.165) is 31.7 Å². The van der Waals surface area contributed by atoms with Crippen LogP contribution in [0, 0.1) is 5.82 Å². The molecule has 0 radical (unpaired) electrons. The van der Waals surface area contributed by atoms with Crippen molar-refractivity contribution in [2.45, 2.75) is 19.3 Å². The standard InChI is InChI=1S/C16H16FN3O2/c17-12-5-3-11(4-6-12)16-18-13(10-15(21)22)9-14(19-16)20-7-1-2-8-20/h3-6,9H,1-2,7-8,10H2,(H,21,22). The lowest BCUT2D eigenvalue weighted by molar-refractivity contribution is -0.136. The Morgan fingerprint density at radius 1 is 1.18 bits per heavy atom. The van der Waals surface area contributed by atoms with Crippen LogP contribution in [0.3, 0.4) is 0 Å². The van der Waals surface area contributed by atoms with Gasteiger partial charge in [-0.15, -0.1) is 0 Å². The van der Waals surface area contributed by atoms with Gasteiger partial charge in [-0.3, -0.25) is 4.79 Å². The number of halogens is 1. The summed E-state index contributed by atoms with van der Waals surface area (Å²) in [5.74, 6) is -0.0925. The summed E-state index contributed by atoms with van der Waals surface area (Å²) in [6, 6.07) is 7.62. The summed E-state index contributed by atoms with van der Waals surface area (Å²) in [5.41, 5.74) is 1.14. The SMILES string of the molecule is O=C(O)Cc1cc(N2CCCC2)nc(-c2ccc(F)cc2)n1. The first-order valence-corrected chi connectivity index (χ1v) is 7.22. The van der Waals surface area contributed by atoms with E-state index in [-0.39, 0.29) is 12.2 Å². The Morgan fingerprint density at radius 3 is 2.50 bits per heavy atom. The largest absolute Gasteiger partial charge is 0.481 e. The van der Waals surface area contributed by atoms with Crippen molar-refractivity contribution in [2.24, 2.45) is 0 Å². The van der Waals surface area contributed by atoms with Crippen molar-refractivity contribution in [1.29, 1.82) is 0 Å². The molecule has 1 aliphatic heterocycles. The van der Waals surface area contributed by atoms with Crippen molar-refractivity contribution in [3.8, 4) is 11.4 Å². The maximum atomic E-state index is 13.1. The normalized spacial score (nSPS) is 14.3. The average molecular weight is 301 g/mol. The van der Waals surface area contributed by atoms with Gasteiger partial charge >= 0.3 is 5.97 Å². The van der Waals surface area contributed by atoms with Crippen LogP contribution in [0.4, 0.5) is 10.2 Å². The molecule has 0 atom stereocenters. The summed E-state index contributed by atoms with van der Waals surface area (Å²) in [6.45, 7) is 1.82. The molecule has 0 unspecified atom stereocenters. The van der Waals surface area contributed by atoms with E-state index < -0.39 is 5.97 Å². The molecule has 2 aromatic rings. The second-order valence-corrected chi connectivity index (χ2v) is 5.31. The number of carbonyl (C=O) groups is 1. The van der Waals surface area contributed by atoms with E-state index in [0.29, 0.717) is 17.1 Å². The second-order valence-electron chi connectivity index (χ2n) is 5.31. The quantitative estimate of drug-likeness (QED) is 0.940. The summed E-state index contributed by atoms with van der Waals surface area (Å²) in [5, 5.41) is 9.00. The maximum absolute atomic E-state index is 13.1. The zero-order chi connectivity index (χ0) is 15.5. The molecule has 3 rings (SSSR count). The van der Waals surface area contributed by atoms with Gasteiger partial charge in [-0.1, -0.05) is 0 Å². The molecular formula is C16H16FN3O2. The number of aliphatic carboxylic acids is 1. The number of aromatic nitrogens is 2. The first-order chi connectivity index (χ1) is 10.6. The molecule has 0 saturated carbocycles. The van der Waals surface area contributed by atoms with Crippen LogP contribution in [-0.4, -0.2) is 34.1 Å². The van der Waals surface area contributed by atoms with Crippen molar-refractivity contribution < 1.29 is 14.3 Å². The molecule has 2 heterocycles. The van der Waals surface area contributed by atoms with E-state index in [2.05, 4.69) is 14.9 Å². The number of carboxylic acid groups (broad SMARTS) is 1. The van der Waals surface area contributed by atoms with Gasteiger partial charge in [0.2, 0.25) is 0 Å². The van der Waals surface area contributed by atoms with Crippen LogP contribution in [0.5, 0.6) is 0 Å². The Kier molecular flexibility index (Phi) is 4.00. The van der Waals surface area contributed by atoms with Gasteiger partial charge in [0.15, 0.2) is 5.82 Å². The van der Waals surface area contributed by atoms with Crippen LogP contribution < -0.4 is 4.90 Å². The minimum atomic E-state index is -0.934. The van der Waals surface area contributed by atoms with E-state index >= 15 is 0 Å². The summed E-state index contributed by atoms with van der Waals surface area (Å²) in [4.78, 5) is 21.9. The van der Waals surface area contributed by atoms with Crippen molar-refractivity contribution >= 4 is 11.8 Å². The summed E-state index contributed by atoms with van der Waals surface area (Å²) < 4.78 is 13.1. The summed E-state index contributed by atoms with van der Waals surface area (Å²) in [7, 11) is 0. The summed E-state index contributed by atoms with van der Waals surface area (Å²) in [6.07, 6.45) is 2.05. The lowest BCUT2D eigenvalue weighted by atomic mass is 10.2. The van der Waals surface area contributed by atoms with Crippen LogP contribution >= 0.6 is 0 Å². The van der Waals surface area contributed by atoms with Gasteiger partial charge in [-0.25, -0.2) is 14.4 Å². The Morgan fingerprint density at radius 2 is 1.86 bits per heavy atom. The third-order valence-corrected chi connectivity index (χ3v) is 3.63. The van der Waals surface area contributed by atoms with Crippen LogP contribution in [0.1, 0.15) is 18.5 Å². The molecule has 22 heavy (non-hydrogen) atoms. The minimum absolute atomic E-state index is 0.155. The highest BCUT2D eigenvalue weighted by molar-refractivity contribution is 5.70. The molecule has 5 nitrogen and oxygen atoms in total. The molecule has 1 aromatic carbocycles. The molecule has 1 N–H and O–H groups in total. The molecule has 1 saturated heterocycles. The predicted molar refractivity (Wildman–Crippen MR) is 80.2 cm³/mol. The fraction of sp³-hybridized carbons (Fsp3) is 0.312. The third kappa shape index (κ3) is 3.21. The smallest absolute Gasteiger partial charge is 0.309 e. The molecular weight excluding hydrogens is 285 g/mol. The Bertz CT molecular complexity index is 682. The number of benzene rings is 1. The number of carboxylic acids is 1. The average Bonchev–Trinajstić information content (AvgIpc) is 3.01. The van der Waals surface area contributed by atoms with Crippen LogP contribution in [0.15, 0.2) is 30.3 Å². The first-order valence-electron chi connectivity index (χ1n) is 7.22. The van der Waals surface area contributed by atoms with Gasteiger partial charge in [0, 0.05) is 24.7 Å². The number of nitrogens with zero attached hydrogens (tertiary/aromatic N) is 3. The highest BCUT2D eigenvalue weighted by Gasteiger charge is 2.17. The highest BCUT2D eigenvalue weighted by atomic mass is 19.1. The second kappa shape index (κ2) is 6.09. The lowest BCUT2D eigenvalue weighted by Crippen LogP contribution is -2.20. The Labute approximate surface area is 127 Å². The van der Waals surface area contributed by atoms with Gasteiger partial charge in [0.25, 0.3) is 0 Å². The molecule has 0 amide bonds. The third-order valence-electron chi connectivity index (χ3n) is 3.63. The van der Waals surface area contributed by atoms with Crippen molar-refractivity contribution in [3.63, 3.8) is 0 Å². The molecule has 6 heteroatoms. The number of hydrogen-bond acceptors (Lipinski definition) is 4. The Hall–Kier alpha value is -2.50. The van der Waals surface area contributed by atoms with Gasteiger partial charge < -0.3 is 10.0 Å². The van der Waals surface area contributed by atoms with Crippen molar-refractivity contribution in [3.05, 3.63) is 41.8 Å². The number of hydrogen-bond donors (Lipinski definition) is 1. The minimum Gasteiger partial charge on any atom is -0.481 e.